The Morgan fingerprint density at radius 3 is 2.56 bits per heavy atom. The molecule has 140 valence electrons. The number of anilines is 1. The fourth-order valence-corrected chi connectivity index (χ4v) is 3.02. The van der Waals surface area contributed by atoms with Crippen LogP contribution in [0.4, 0.5) is 5.69 Å². The number of para-hydroxylation sites is 2. The van der Waals surface area contributed by atoms with Gasteiger partial charge in [0, 0.05) is 0 Å². The number of unbranched alkanes of at least 4 members (excludes halogenated alkanes) is 1. The summed E-state index contributed by atoms with van der Waals surface area (Å²) < 4.78 is 5.35. The van der Waals surface area contributed by atoms with E-state index in [1.54, 1.807) is 18.2 Å². The van der Waals surface area contributed by atoms with E-state index in [0.29, 0.717) is 12.3 Å². The second-order valence-electron chi connectivity index (χ2n) is 6.60. The number of carbonyl (C=O) groups excluding carboxylic acids is 1. The quantitative estimate of drug-likeness (QED) is 0.318. The van der Waals surface area contributed by atoms with Crippen molar-refractivity contribution in [2.75, 3.05) is 11.9 Å². The molecule has 3 aromatic rings. The molecule has 0 heterocycles. The molecule has 0 amide bonds. The van der Waals surface area contributed by atoms with Gasteiger partial charge in [-0.15, -0.1) is 0 Å². The third-order valence-electron chi connectivity index (χ3n) is 4.54. The van der Waals surface area contributed by atoms with Crippen LogP contribution in [-0.2, 0) is 9.53 Å². The van der Waals surface area contributed by atoms with Crippen molar-refractivity contribution in [3.63, 3.8) is 0 Å². The number of esters is 1. The van der Waals surface area contributed by atoms with Gasteiger partial charge in [-0.25, -0.2) is 0 Å². The predicted molar refractivity (Wildman–Crippen MR) is 109 cm³/mol. The van der Waals surface area contributed by atoms with E-state index in [2.05, 4.69) is 30.4 Å². The van der Waals surface area contributed by atoms with Crippen molar-refractivity contribution in [1.82, 2.24) is 0 Å². The van der Waals surface area contributed by atoms with Crippen molar-refractivity contribution in [2.24, 2.45) is 0 Å². The topological polar surface area (TPSA) is 58.6 Å². The van der Waals surface area contributed by atoms with Gasteiger partial charge >= 0.3 is 5.97 Å². The Morgan fingerprint density at radius 1 is 1.04 bits per heavy atom. The van der Waals surface area contributed by atoms with Crippen molar-refractivity contribution >= 4 is 22.4 Å². The third-order valence-corrected chi connectivity index (χ3v) is 4.54. The van der Waals surface area contributed by atoms with Crippen LogP contribution in [0.3, 0.4) is 0 Å². The minimum Gasteiger partial charge on any atom is -0.506 e. The number of carbonyl (C=O) groups is 1. The number of ether oxygens (including phenoxy) is 1. The first-order chi connectivity index (χ1) is 13.2. The Bertz CT molecular complexity index is 907. The lowest BCUT2D eigenvalue weighted by Crippen LogP contribution is -2.17. The second-order valence-corrected chi connectivity index (χ2v) is 6.60. The van der Waals surface area contributed by atoms with Crippen LogP contribution in [0.2, 0.25) is 0 Å². The van der Waals surface area contributed by atoms with E-state index in [9.17, 15) is 9.90 Å². The Morgan fingerprint density at radius 2 is 1.78 bits per heavy atom. The van der Waals surface area contributed by atoms with E-state index in [1.807, 2.05) is 30.3 Å². The minimum atomic E-state index is -0.294. The lowest BCUT2D eigenvalue weighted by atomic mass is 9.99. The van der Waals surface area contributed by atoms with E-state index in [1.165, 1.54) is 0 Å². The zero-order valence-corrected chi connectivity index (χ0v) is 15.5. The number of phenolic OH excluding ortho intramolecular Hbond substituents is 1. The summed E-state index contributed by atoms with van der Waals surface area (Å²) in [6, 6.07) is 21.0. The Labute approximate surface area is 159 Å². The molecule has 4 heteroatoms. The first-order valence-electron chi connectivity index (χ1n) is 9.36. The molecule has 0 fully saturated rings. The Balaban J connectivity index is 1.85. The smallest absolute Gasteiger partial charge is 0.308 e. The molecule has 4 nitrogen and oxygen atoms in total. The number of benzene rings is 3. The van der Waals surface area contributed by atoms with Crippen LogP contribution >= 0.6 is 0 Å². The van der Waals surface area contributed by atoms with Gasteiger partial charge in [0.2, 0.25) is 0 Å². The number of rotatable bonds is 8. The lowest BCUT2D eigenvalue weighted by Gasteiger charge is -2.21. The van der Waals surface area contributed by atoms with E-state index in [0.717, 1.165) is 29.2 Å². The van der Waals surface area contributed by atoms with E-state index in [4.69, 9.17) is 4.74 Å². The highest BCUT2D eigenvalue weighted by Crippen LogP contribution is 2.30. The summed E-state index contributed by atoms with van der Waals surface area (Å²) in [5, 5.41) is 15.7. The van der Waals surface area contributed by atoms with Crippen LogP contribution in [0.25, 0.3) is 10.8 Å². The van der Waals surface area contributed by atoms with Gasteiger partial charge in [0.25, 0.3) is 0 Å². The fraction of sp³-hybridized carbons (Fsp3) is 0.261. The maximum absolute atomic E-state index is 12.3. The van der Waals surface area contributed by atoms with Crippen molar-refractivity contribution in [3.05, 3.63) is 72.3 Å². The monoisotopic (exact) mass is 363 g/mol. The maximum atomic E-state index is 12.3. The third kappa shape index (κ3) is 5.00. The number of hydrogen-bond acceptors (Lipinski definition) is 4. The van der Waals surface area contributed by atoms with Gasteiger partial charge in [0.15, 0.2) is 0 Å². The highest BCUT2D eigenvalue weighted by Gasteiger charge is 2.18. The van der Waals surface area contributed by atoms with Gasteiger partial charge in [-0.3, -0.25) is 4.79 Å². The number of hydrogen-bond donors (Lipinski definition) is 2. The molecule has 3 rings (SSSR count). The molecule has 0 unspecified atom stereocenters. The van der Waals surface area contributed by atoms with Gasteiger partial charge < -0.3 is 15.2 Å². The molecule has 0 bridgehead atoms. The zero-order chi connectivity index (χ0) is 19.1. The van der Waals surface area contributed by atoms with Gasteiger partial charge in [-0.05, 0) is 41.0 Å². The summed E-state index contributed by atoms with van der Waals surface area (Å²) in [5.74, 6) is -0.0906. The SMILES string of the molecule is CCCCOC(=O)C[C@@H](Nc1ccccc1O)c1ccc2ccccc2c1. The van der Waals surface area contributed by atoms with Crippen molar-refractivity contribution in [1.29, 1.82) is 0 Å². The molecule has 0 radical (unpaired) electrons. The summed E-state index contributed by atoms with van der Waals surface area (Å²) in [7, 11) is 0. The molecular weight excluding hydrogens is 338 g/mol. The highest BCUT2D eigenvalue weighted by molar-refractivity contribution is 5.83. The van der Waals surface area contributed by atoms with Crippen LogP contribution < -0.4 is 5.32 Å². The molecule has 0 saturated carbocycles. The summed E-state index contributed by atoms with van der Waals surface area (Å²) in [6.07, 6.45) is 2.03. The summed E-state index contributed by atoms with van der Waals surface area (Å²) in [6.45, 7) is 2.50. The van der Waals surface area contributed by atoms with Crippen LogP contribution in [0.5, 0.6) is 5.75 Å². The average molecular weight is 363 g/mol. The summed E-state index contributed by atoms with van der Waals surface area (Å²) in [4.78, 5) is 12.3. The normalized spacial score (nSPS) is 11.9. The molecule has 0 aliphatic heterocycles. The first-order valence-corrected chi connectivity index (χ1v) is 9.36. The van der Waals surface area contributed by atoms with Crippen molar-refractivity contribution in [2.45, 2.75) is 32.2 Å². The zero-order valence-electron chi connectivity index (χ0n) is 15.5. The molecule has 0 spiro atoms. The van der Waals surface area contributed by atoms with Crippen LogP contribution in [-0.4, -0.2) is 17.7 Å². The standard InChI is InChI=1S/C23H25NO3/c1-2-3-14-27-23(26)16-21(24-20-10-6-7-11-22(20)25)19-13-12-17-8-4-5-9-18(17)15-19/h4-13,15,21,24-25H,2-3,14,16H2,1H3/t21-/m1/s1. The maximum Gasteiger partial charge on any atom is 0.308 e. The highest BCUT2D eigenvalue weighted by atomic mass is 16.5. The molecule has 0 saturated heterocycles. The van der Waals surface area contributed by atoms with E-state index >= 15 is 0 Å². The van der Waals surface area contributed by atoms with Gasteiger partial charge in [0.1, 0.15) is 5.75 Å². The largest absolute Gasteiger partial charge is 0.506 e. The molecule has 3 aromatic carbocycles. The Hall–Kier alpha value is -3.01. The number of aromatic hydroxyl groups is 1. The summed E-state index contributed by atoms with van der Waals surface area (Å²) in [5.41, 5.74) is 1.57. The average Bonchev–Trinajstić information content (AvgIpc) is 2.69. The van der Waals surface area contributed by atoms with Gasteiger partial charge in [-0.2, -0.15) is 0 Å². The summed E-state index contributed by atoms with van der Waals surface area (Å²) >= 11 is 0. The molecule has 0 aliphatic carbocycles. The predicted octanol–water partition coefficient (Wildman–Crippen LogP) is 5.43. The molecule has 27 heavy (non-hydrogen) atoms. The fourth-order valence-electron chi connectivity index (χ4n) is 3.02. The van der Waals surface area contributed by atoms with Crippen LogP contribution in [0, 0.1) is 0 Å². The number of nitrogens with one attached hydrogen (secondary N) is 1. The number of fused-ring (bicyclic) bond motifs is 1. The molecule has 2 N–H and O–H groups in total. The van der Waals surface area contributed by atoms with Gasteiger partial charge in [-0.1, -0.05) is 61.9 Å². The molecule has 0 aliphatic rings. The van der Waals surface area contributed by atoms with E-state index < -0.39 is 0 Å². The Kier molecular flexibility index (Phi) is 6.31. The minimum absolute atomic E-state index is 0.155. The number of phenols is 1. The lowest BCUT2D eigenvalue weighted by molar-refractivity contribution is -0.144. The molecule has 1 atom stereocenters. The second kappa shape index (κ2) is 9.08. The van der Waals surface area contributed by atoms with Gasteiger partial charge in [0.05, 0.1) is 24.8 Å². The van der Waals surface area contributed by atoms with E-state index in [-0.39, 0.29) is 24.2 Å². The van der Waals surface area contributed by atoms with Crippen LogP contribution in [0.1, 0.15) is 37.8 Å². The van der Waals surface area contributed by atoms with Crippen LogP contribution in [0.15, 0.2) is 66.7 Å². The molecular formula is C23H25NO3. The first kappa shape index (κ1) is 18.8. The molecule has 0 aromatic heterocycles. The van der Waals surface area contributed by atoms with Crippen molar-refractivity contribution in [3.8, 4) is 5.75 Å². The van der Waals surface area contributed by atoms with Crippen molar-refractivity contribution < 1.29 is 14.6 Å².